The van der Waals surface area contributed by atoms with Gasteiger partial charge in [-0.2, -0.15) is 5.10 Å². The first-order valence-electron chi connectivity index (χ1n) is 9.36. The molecule has 2 aromatic heterocycles. The van der Waals surface area contributed by atoms with Crippen LogP contribution in [0.2, 0.25) is 0 Å². The second kappa shape index (κ2) is 7.44. The number of amides is 1. The van der Waals surface area contributed by atoms with E-state index in [1.807, 2.05) is 40.8 Å². The molecular weight excluding hydrogens is 340 g/mol. The third kappa shape index (κ3) is 3.55. The maximum Gasteiger partial charge on any atom is 0.227 e. The van der Waals surface area contributed by atoms with Crippen molar-refractivity contribution in [2.75, 3.05) is 19.6 Å². The van der Waals surface area contributed by atoms with Crippen LogP contribution < -0.4 is 5.73 Å². The molecule has 0 unspecified atom stereocenters. The van der Waals surface area contributed by atoms with Crippen LogP contribution in [0.1, 0.15) is 29.2 Å². The SMILES string of the molecule is Cc1ccc(CC(=O)N2CC[C@H](c3nn(CCN)c4nccnc34)C2)cc1. The predicted octanol–water partition coefficient (Wildman–Crippen LogP) is 1.65. The number of aryl methyl sites for hydroxylation is 1. The van der Waals surface area contributed by atoms with Crippen molar-refractivity contribution in [3.63, 3.8) is 0 Å². The van der Waals surface area contributed by atoms with E-state index in [1.165, 1.54) is 5.56 Å². The third-order valence-corrected chi connectivity index (χ3v) is 5.14. The van der Waals surface area contributed by atoms with Gasteiger partial charge in [-0.05, 0) is 18.9 Å². The average Bonchev–Trinajstić information content (AvgIpc) is 3.29. The molecule has 1 aliphatic rings. The quantitative estimate of drug-likeness (QED) is 0.743. The topological polar surface area (TPSA) is 89.9 Å². The van der Waals surface area contributed by atoms with Gasteiger partial charge >= 0.3 is 0 Å². The van der Waals surface area contributed by atoms with E-state index < -0.39 is 0 Å². The summed E-state index contributed by atoms with van der Waals surface area (Å²) in [5, 5.41) is 4.72. The summed E-state index contributed by atoms with van der Waals surface area (Å²) >= 11 is 0. The number of rotatable bonds is 5. The third-order valence-electron chi connectivity index (χ3n) is 5.14. The minimum atomic E-state index is 0.165. The standard InChI is InChI=1S/C20H24N6O/c1-14-2-4-15(5-3-14)12-17(27)25-10-6-16(13-25)18-19-20(23-9-8-22-19)26(24-18)11-7-21/h2-5,8-9,16H,6-7,10-13,21H2,1H3/t16-/m0/s1. The molecule has 0 aliphatic carbocycles. The largest absolute Gasteiger partial charge is 0.342 e. The number of carbonyl (C=O) groups is 1. The van der Waals surface area contributed by atoms with Crippen LogP contribution in [0, 0.1) is 6.92 Å². The predicted molar refractivity (Wildman–Crippen MR) is 103 cm³/mol. The summed E-state index contributed by atoms with van der Waals surface area (Å²) < 4.78 is 1.83. The van der Waals surface area contributed by atoms with E-state index in [4.69, 9.17) is 10.8 Å². The van der Waals surface area contributed by atoms with Gasteiger partial charge in [0.1, 0.15) is 5.52 Å². The summed E-state index contributed by atoms with van der Waals surface area (Å²) in [6, 6.07) is 8.14. The lowest BCUT2D eigenvalue weighted by molar-refractivity contribution is -0.129. The highest BCUT2D eigenvalue weighted by molar-refractivity contribution is 5.79. The highest BCUT2D eigenvalue weighted by Gasteiger charge is 2.31. The lowest BCUT2D eigenvalue weighted by Crippen LogP contribution is -2.30. The van der Waals surface area contributed by atoms with Gasteiger partial charge in [0.05, 0.1) is 18.7 Å². The summed E-state index contributed by atoms with van der Waals surface area (Å²) in [6.07, 6.45) is 4.70. The Morgan fingerprint density at radius 1 is 1.22 bits per heavy atom. The van der Waals surface area contributed by atoms with Crippen molar-refractivity contribution in [2.45, 2.75) is 32.2 Å². The number of carbonyl (C=O) groups excluding carboxylic acids is 1. The maximum absolute atomic E-state index is 12.7. The molecule has 1 fully saturated rings. The molecule has 0 spiro atoms. The van der Waals surface area contributed by atoms with Crippen molar-refractivity contribution in [1.29, 1.82) is 0 Å². The van der Waals surface area contributed by atoms with Gasteiger partial charge in [0.25, 0.3) is 0 Å². The van der Waals surface area contributed by atoms with Crippen LogP contribution >= 0.6 is 0 Å². The number of hydrogen-bond donors (Lipinski definition) is 1. The van der Waals surface area contributed by atoms with Crippen LogP contribution in [0.15, 0.2) is 36.7 Å². The minimum absolute atomic E-state index is 0.165. The molecule has 27 heavy (non-hydrogen) atoms. The number of nitrogens with zero attached hydrogens (tertiary/aromatic N) is 5. The van der Waals surface area contributed by atoms with Crippen molar-refractivity contribution >= 4 is 17.1 Å². The molecule has 1 amide bonds. The number of aromatic nitrogens is 4. The molecule has 0 bridgehead atoms. The van der Waals surface area contributed by atoms with Gasteiger partial charge in [0.2, 0.25) is 5.91 Å². The molecule has 0 saturated carbocycles. The second-order valence-corrected chi connectivity index (χ2v) is 7.11. The van der Waals surface area contributed by atoms with Gasteiger partial charge in [-0.15, -0.1) is 0 Å². The first kappa shape index (κ1) is 17.6. The fourth-order valence-electron chi connectivity index (χ4n) is 3.68. The molecule has 4 rings (SSSR count). The van der Waals surface area contributed by atoms with Crippen LogP contribution in [0.5, 0.6) is 0 Å². The number of benzene rings is 1. The van der Waals surface area contributed by atoms with Gasteiger partial charge in [0, 0.05) is 37.9 Å². The van der Waals surface area contributed by atoms with E-state index in [0.717, 1.165) is 35.4 Å². The number of nitrogens with two attached hydrogens (primary N) is 1. The Hall–Kier alpha value is -2.80. The van der Waals surface area contributed by atoms with Crippen molar-refractivity contribution in [2.24, 2.45) is 5.73 Å². The Labute approximate surface area is 158 Å². The minimum Gasteiger partial charge on any atom is -0.342 e. The van der Waals surface area contributed by atoms with Crippen molar-refractivity contribution in [3.8, 4) is 0 Å². The molecule has 3 heterocycles. The molecule has 1 atom stereocenters. The van der Waals surface area contributed by atoms with E-state index in [9.17, 15) is 4.79 Å². The Balaban J connectivity index is 1.50. The van der Waals surface area contributed by atoms with Gasteiger partial charge in [-0.1, -0.05) is 29.8 Å². The Morgan fingerprint density at radius 3 is 2.78 bits per heavy atom. The molecule has 3 aromatic rings. The first-order chi connectivity index (χ1) is 13.2. The zero-order valence-electron chi connectivity index (χ0n) is 15.5. The van der Waals surface area contributed by atoms with E-state index >= 15 is 0 Å². The molecule has 1 aliphatic heterocycles. The summed E-state index contributed by atoms with van der Waals surface area (Å²) in [7, 11) is 0. The Kier molecular flexibility index (Phi) is 4.85. The normalized spacial score (nSPS) is 17.0. The molecule has 2 N–H and O–H groups in total. The van der Waals surface area contributed by atoms with Crippen LogP contribution in [0.25, 0.3) is 11.2 Å². The monoisotopic (exact) mass is 364 g/mol. The molecular formula is C20H24N6O. The maximum atomic E-state index is 12.7. The van der Waals surface area contributed by atoms with Gasteiger partial charge < -0.3 is 10.6 Å². The van der Waals surface area contributed by atoms with E-state index in [1.54, 1.807) is 12.4 Å². The van der Waals surface area contributed by atoms with E-state index in [2.05, 4.69) is 9.97 Å². The number of fused-ring (bicyclic) bond motifs is 1. The molecule has 7 nitrogen and oxygen atoms in total. The number of hydrogen-bond acceptors (Lipinski definition) is 5. The fraction of sp³-hybridized carbons (Fsp3) is 0.400. The Bertz CT molecular complexity index is 949. The molecule has 140 valence electrons. The first-order valence-corrected chi connectivity index (χ1v) is 9.36. The zero-order chi connectivity index (χ0) is 18.8. The van der Waals surface area contributed by atoms with Crippen molar-refractivity contribution in [1.82, 2.24) is 24.6 Å². The summed E-state index contributed by atoms with van der Waals surface area (Å²) in [4.78, 5) is 23.5. The van der Waals surface area contributed by atoms with Crippen LogP contribution in [-0.4, -0.2) is 50.2 Å². The number of likely N-dealkylation sites (tertiary alicyclic amines) is 1. The zero-order valence-corrected chi connectivity index (χ0v) is 15.5. The molecule has 0 radical (unpaired) electrons. The Morgan fingerprint density at radius 2 is 2.00 bits per heavy atom. The highest BCUT2D eigenvalue weighted by atomic mass is 16.2. The fourth-order valence-corrected chi connectivity index (χ4v) is 3.68. The van der Waals surface area contributed by atoms with E-state index in [0.29, 0.717) is 26.1 Å². The van der Waals surface area contributed by atoms with E-state index in [-0.39, 0.29) is 11.8 Å². The van der Waals surface area contributed by atoms with Gasteiger partial charge in [-0.3, -0.25) is 4.79 Å². The lowest BCUT2D eigenvalue weighted by atomic mass is 10.0. The summed E-state index contributed by atoms with van der Waals surface area (Å²) in [6.45, 7) is 4.58. The molecule has 1 saturated heterocycles. The van der Waals surface area contributed by atoms with Crippen LogP contribution in [0.4, 0.5) is 0 Å². The van der Waals surface area contributed by atoms with Crippen LogP contribution in [0.3, 0.4) is 0 Å². The van der Waals surface area contributed by atoms with Crippen LogP contribution in [-0.2, 0) is 17.8 Å². The lowest BCUT2D eigenvalue weighted by Gasteiger charge is -2.16. The highest BCUT2D eigenvalue weighted by Crippen LogP contribution is 2.30. The second-order valence-electron chi connectivity index (χ2n) is 7.11. The smallest absolute Gasteiger partial charge is 0.227 e. The van der Waals surface area contributed by atoms with Crippen molar-refractivity contribution < 1.29 is 4.79 Å². The van der Waals surface area contributed by atoms with Crippen molar-refractivity contribution in [3.05, 3.63) is 53.5 Å². The summed E-state index contributed by atoms with van der Waals surface area (Å²) in [5.74, 6) is 0.350. The summed E-state index contributed by atoms with van der Waals surface area (Å²) in [5.41, 5.74) is 10.5. The molecule has 7 heteroatoms. The van der Waals surface area contributed by atoms with Gasteiger partial charge in [0.15, 0.2) is 5.65 Å². The molecule has 1 aromatic carbocycles. The average molecular weight is 364 g/mol. The van der Waals surface area contributed by atoms with Gasteiger partial charge in [-0.25, -0.2) is 14.6 Å².